The van der Waals surface area contributed by atoms with Gasteiger partial charge in [0.2, 0.25) is 0 Å². The van der Waals surface area contributed by atoms with Gasteiger partial charge in [-0.1, -0.05) is 6.92 Å². The fourth-order valence-electron chi connectivity index (χ4n) is 2.03. The van der Waals surface area contributed by atoms with E-state index in [1.807, 2.05) is 0 Å². The van der Waals surface area contributed by atoms with Gasteiger partial charge in [0.05, 0.1) is 17.6 Å². The number of pyridine rings is 1. The van der Waals surface area contributed by atoms with Gasteiger partial charge < -0.3 is 21.3 Å². The number of likely N-dealkylation sites (N-methyl/N-ethyl adjacent to an activating group) is 1. The van der Waals surface area contributed by atoms with E-state index in [1.54, 1.807) is 12.3 Å². The second-order valence-corrected chi connectivity index (χ2v) is 4.10. The number of hydrogen-bond donors (Lipinski definition) is 2. The second kappa shape index (κ2) is 4.57. The summed E-state index contributed by atoms with van der Waals surface area (Å²) in [6.45, 7) is 7.40. The van der Waals surface area contributed by atoms with Crippen LogP contribution in [0.2, 0.25) is 0 Å². The summed E-state index contributed by atoms with van der Waals surface area (Å²) in [6, 6.07) is 1.77. The van der Waals surface area contributed by atoms with E-state index in [1.165, 1.54) is 0 Å². The van der Waals surface area contributed by atoms with Crippen LogP contribution < -0.4 is 16.4 Å². The van der Waals surface area contributed by atoms with Crippen molar-refractivity contribution < 1.29 is 0 Å². The Morgan fingerprint density at radius 3 is 2.50 bits per heavy atom. The molecule has 16 heavy (non-hydrogen) atoms. The zero-order chi connectivity index (χ0) is 11.5. The highest BCUT2D eigenvalue weighted by Gasteiger charge is 2.18. The van der Waals surface area contributed by atoms with E-state index < -0.39 is 0 Å². The van der Waals surface area contributed by atoms with Crippen molar-refractivity contribution >= 4 is 17.2 Å². The molecule has 0 amide bonds. The predicted molar refractivity (Wildman–Crippen MR) is 67.4 cm³/mol. The van der Waals surface area contributed by atoms with Crippen LogP contribution in [0.25, 0.3) is 0 Å². The molecule has 0 spiro atoms. The molecule has 0 radical (unpaired) electrons. The summed E-state index contributed by atoms with van der Waals surface area (Å²) in [5, 5.41) is 0. The lowest BCUT2D eigenvalue weighted by molar-refractivity contribution is 0.270. The largest absolute Gasteiger partial charge is 0.397 e. The number of nitrogens with zero attached hydrogens (tertiary/aromatic N) is 3. The molecule has 88 valence electrons. The van der Waals surface area contributed by atoms with Gasteiger partial charge in [-0.05, 0) is 12.6 Å². The van der Waals surface area contributed by atoms with Crippen LogP contribution in [0.5, 0.6) is 0 Å². The maximum atomic E-state index is 5.92. The quantitative estimate of drug-likeness (QED) is 0.756. The summed E-state index contributed by atoms with van der Waals surface area (Å²) < 4.78 is 0. The summed E-state index contributed by atoms with van der Waals surface area (Å²) in [6.07, 6.45) is 1.66. The van der Waals surface area contributed by atoms with Gasteiger partial charge in [0.25, 0.3) is 0 Å². The third kappa shape index (κ3) is 2.19. The summed E-state index contributed by atoms with van der Waals surface area (Å²) in [5.74, 6) is 0.866. The van der Waals surface area contributed by atoms with Gasteiger partial charge >= 0.3 is 0 Å². The normalized spacial score (nSPS) is 17.7. The Morgan fingerprint density at radius 1 is 1.25 bits per heavy atom. The molecule has 0 unspecified atom stereocenters. The van der Waals surface area contributed by atoms with E-state index in [0.29, 0.717) is 11.4 Å². The SMILES string of the molecule is CCN1CCN(c2ncc(N)cc2N)CC1. The van der Waals surface area contributed by atoms with Crippen LogP contribution in [0.15, 0.2) is 12.3 Å². The van der Waals surface area contributed by atoms with Crippen molar-refractivity contribution in [2.75, 3.05) is 49.1 Å². The van der Waals surface area contributed by atoms with E-state index in [0.717, 1.165) is 38.5 Å². The Bertz CT molecular complexity index is 357. The first-order valence-electron chi connectivity index (χ1n) is 5.69. The minimum Gasteiger partial charge on any atom is -0.397 e. The van der Waals surface area contributed by atoms with Crippen molar-refractivity contribution in [3.8, 4) is 0 Å². The van der Waals surface area contributed by atoms with E-state index in [2.05, 4.69) is 21.7 Å². The minimum absolute atomic E-state index is 0.619. The van der Waals surface area contributed by atoms with Crippen LogP contribution >= 0.6 is 0 Å². The molecule has 0 aromatic carbocycles. The van der Waals surface area contributed by atoms with Crippen molar-refractivity contribution in [1.29, 1.82) is 0 Å². The van der Waals surface area contributed by atoms with Crippen LogP contribution in [-0.4, -0.2) is 42.6 Å². The third-order valence-electron chi connectivity index (χ3n) is 3.04. The van der Waals surface area contributed by atoms with Crippen LogP contribution in [0.4, 0.5) is 17.2 Å². The average Bonchev–Trinajstić information content (AvgIpc) is 2.29. The lowest BCUT2D eigenvalue weighted by Gasteiger charge is -2.35. The first-order chi connectivity index (χ1) is 7.70. The van der Waals surface area contributed by atoms with Gasteiger partial charge in [-0.2, -0.15) is 0 Å². The van der Waals surface area contributed by atoms with Gasteiger partial charge in [0, 0.05) is 26.2 Å². The lowest BCUT2D eigenvalue weighted by Crippen LogP contribution is -2.46. The lowest BCUT2D eigenvalue weighted by atomic mass is 10.2. The zero-order valence-corrected chi connectivity index (χ0v) is 9.69. The molecule has 4 N–H and O–H groups in total. The van der Waals surface area contributed by atoms with Crippen molar-refractivity contribution in [2.45, 2.75) is 6.92 Å². The number of anilines is 3. The van der Waals surface area contributed by atoms with Crippen molar-refractivity contribution in [2.24, 2.45) is 0 Å². The van der Waals surface area contributed by atoms with E-state index >= 15 is 0 Å². The predicted octanol–water partition coefficient (Wildman–Crippen LogP) is 0.388. The van der Waals surface area contributed by atoms with Gasteiger partial charge in [-0.15, -0.1) is 0 Å². The van der Waals surface area contributed by atoms with Gasteiger partial charge in [0.15, 0.2) is 5.82 Å². The molecule has 1 aliphatic heterocycles. The molecule has 5 nitrogen and oxygen atoms in total. The molecule has 1 aliphatic rings. The van der Waals surface area contributed by atoms with E-state index in [9.17, 15) is 0 Å². The highest BCUT2D eigenvalue weighted by Crippen LogP contribution is 2.22. The fraction of sp³-hybridized carbons (Fsp3) is 0.545. The second-order valence-electron chi connectivity index (χ2n) is 4.10. The molecule has 1 aromatic rings. The first kappa shape index (κ1) is 11.0. The van der Waals surface area contributed by atoms with Crippen LogP contribution in [0.3, 0.4) is 0 Å². The smallest absolute Gasteiger partial charge is 0.152 e. The first-order valence-corrected chi connectivity index (χ1v) is 5.69. The molecule has 2 rings (SSSR count). The summed E-state index contributed by atoms with van der Waals surface area (Å²) in [5.41, 5.74) is 12.8. The fourth-order valence-corrected chi connectivity index (χ4v) is 2.03. The highest BCUT2D eigenvalue weighted by molar-refractivity contribution is 5.67. The Balaban J connectivity index is 2.08. The Kier molecular flexibility index (Phi) is 3.14. The number of aromatic nitrogens is 1. The molecule has 1 saturated heterocycles. The number of hydrogen-bond acceptors (Lipinski definition) is 5. The van der Waals surface area contributed by atoms with E-state index in [-0.39, 0.29) is 0 Å². The number of nitrogen functional groups attached to an aromatic ring is 2. The van der Waals surface area contributed by atoms with Crippen molar-refractivity contribution in [1.82, 2.24) is 9.88 Å². The van der Waals surface area contributed by atoms with Crippen molar-refractivity contribution in [3.63, 3.8) is 0 Å². The Labute approximate surface area is 96.0 Å². The highest BCUT2D eigenvalue weighted by atomic mass is 15.3. The van der Waals surface area contributed by atoms with Gasteiger partial charge in [0.1, 0.15) is 0 Å². The molecule has 0 saturated carbocycles. The van der Waals surface area contributed by atoms with Crippen molar-refractivity contribution in [3.05, 3.63) is 12.3 Å². The molecule has 0 aliphatic carbocycles. The Morgan fingerprint density at radius 2 is 1.94 bits per heavy atom. The molecule has 5 heteroatoms. The molecule has 2 heterocycles. The Hall–Kier alpha value is -1.49. The number of rotatable bonds is 2. The molecule has 0 bridgehead atoms. The van der Waals surface area contributed by atoms with Gasteiger partial charge in [-0.3, -0.25) is 0 Å². The topological polar surface area (TPSA) is 71.4 Å². The van der Waals surface area contributed by atoms with Crippen LogP contribution in [0.1, 0.15) is 6.92 Å². The molecule has 0 atom stereocenters. The third-order valence-corrected chi connectivity index (χ3v) is 3.04. The molecule has 1 aromatic heterocycles. The maximum absolute atomic E-state index is 5.92. The summed E-state index contributed by atoms with van der Waals surface area (Å²) >= 11 is 0. The maximum Gasteiger partial charge on any atom is 0.152 e. The average molecular weight is 221 g/mol. The molecular weight excluding hydrogens is 202 g/mol. The zero-order valence-electron chi connectivity index (χ0n) is 9.69. The minimum atomic E-state index is 0.619. The van der Waals surface area contributed by atoms with Crippen LogP contribution in [0, 0.1) is 0 Å². The molecular formula is C11H19N5. The number of piperazine rings is 1. The standard InChI is InChI=1S/C11H19N5/c1-2-15-3-5-16(6-4-15)11-10(13)7-9(12)8-14-11/h7-8H,2-6,12-13H2,1H3. The number of nitrogens with two attached hydrogens (primary N) is 2. The molecule has 1 fully saturated rings. The summed E-state index contributed by atoms with van der Waals surface area (Å²) in [4.78, 5) is 8.95. The van der Waals surface area contributed by atoms with E-state index in [4.69, 9.17) is 11.5 Å². The van der Waals surface area contributed by atoms with Gasteiger partial charge in [-0.25, -0.2) is 4.98 Å². The summed E-state index contributed by atoms with van der Waals surface area (Å²) in [7, 11) is 0. The van der Waals surface area contributed by atoms with Crippen LogP contribution in [-0.2, 0) is 0 Å². The monoisotopic (exact) mass is 221 g/mol.